The Morgan fingerprint density at radius 1 is 1.41 bits per heavy atom. The van der Waals surface area contributed by atoms with Gasteiger partial charge in [-0.25, -0.2) is 4.39 Å². The summed E-state index contributed by atoms with van der Waals surface area (Å²) in [6.07, 6.45) is 0. The first kappa shape index (κ1) is 12.3. The van der Waals surface area contributed by atoms with Crippen molar-refractivity contribution in [3.63, 3.8) is 0 Å². The molecule has 0 atom stereocenters. The summed E-state index contributed by atoms with van der Waals surface area (Å²) >= 11 is 4.54. The van der Waals surface area contributed by atoms with Gasteiger partial charge in [0.15, 0.2) is 0 Å². The molecule has 0 N–H and O–H groups in total. The van der Waals surface area contributed by atoms with Crippen LogP contribution in [-0.4, -0.2) is 12.9 Å². The third kappa shape index (κ3) is 2.56. The Morgan fingerprint density at radius 3 is 2.71 bits per heavy atom. The summed E-state index contributed by atoms with van der Waals surface area (Å²) < 4.78 is 19.4. The van der Waals surface area contributed by atoms with Gasteiger partial charge in [0.25, 0.3) is 0 Å². The summed E-state index contributed by atoms with van der Waals surface area (Å²) in [5.41, 5.74) is 0.0557. The Morgan fingerprint density at radius 2 is 2.18 bits per heavy atom. The normalized spacial score (nSPS) is 10.3. The fraction of sp³-hybridized carbons (Fsp3) is 0.0833. The number of ketones is 1. The van der Waals surface area contributed by atoms with Gasteiger partial charge in [0.1, 0.15) is 11.6 Å². The van der Waals surface area contributed by atoms with Crippen molar-refractivity contribution in [2.75, 3.05) is 7.11 Å². The van der Waals surface area contributed by atoms with E-state index in [9.17, 15) is 9.18 Å². The van der Waals surface area contributed by atoms with Gasteiger partial charge in [0.2, 0.25) is 5.78 Å². The lowest BCUT2D eigenvalue weighted by molar-refractivity contribution is 0.103. The van der Waals surface area contributed by atoms with Gasteiger partial charge in [0.05, 0.1) is 17.6 Å². The Hall–Kier alpha value is -1.20. The number of methoxy groups -OCH3 is 1. The standard InChI is InChI=1S/C12H8BrFO2S/c1-16-8-2-3-9(10(14)5-8)12(15)11-4-7(13)6-17-11/h2-6H,1H3. The van der Waals surface area contributed by atoms with E-state index in [4.69, 9.17) is 4.74 Å². The molecule has 1 aromatic carbocycles. The fourth-order valence-electron chi connectivity index (χ4n) is 1.37. The van der Waals surface area contributed by atoms with Gasteiger partial charge in [-0.05, 0) is 34.1 Å². The highest BCUT2D eigenvalue weighted by Crippen LogP contribution is 2.25. The van der Waals surface area contributed by atoms with E-state index < -0.39 is 5.82 Å². The van der Waals surface area contributed by atoms with Gasteiger partial charge in [-0.3, -0.25) is 4.79 Å². The monoisotopic (exact) mass is 314 g/mol. The van der Waals surface area contributed by atoms with Crippen LogP contribution < -0.4 is 4.74 Å². The summed E-state index contributed by atoms with van der Waals surface area (Å²) in [6, 6.07) is 5.88. The molecule has 1 heterocycles. The van der Waals surface area contributed by atoms with Crippen LogP contribution in [0.3, 0.4) is 0 Å². The third-order valence-corrected chi connectivity index (χ3v) is 3.90. The second-order valence-electron chi connectivity index (χ2n) is 3.30. The van der Waals surface area contributed by atoms with Gasteiger partial charge < -0.3 is 4.74 Å². The molecule has 0 saturated heterocycles. The molecule has 5 heteroatoms. The number of halogens is 2. The lowest BCUT2D eigenvalue weighted by Gasteiger charge is -2.03. The maximum Gasteiger partial charge on any atom is 0.205 e. The molecule has 0 fully saturated rings. The molecular weight excluding hydrogens is 307 g/mol. The van der Waals surface area contributed by atoms with E-state index in [1.807, 2.05) is 0 Å². The second kappa shape index (κ2) is 4.98. The minimum Gasteiger partial charge on any atom is -0.497 e. The molecule has 0 spiro atoms. The maximum atomic E-state index is 13.7. The largest absolute Gasteiger partial charge is 0.497 e. The highest BCUT2D eigenvalue weighted by molar-refractivity contribution is 9.10. The Bertz CT molecular complexity index is 565. The lowest BCUT2D eigenvalue weighted by Crippen LogP contribution is -2.02. The number of hydrogen-bond donors (Lipinski definition) is 0. The van der Waals surface area contributed by atoms with Gasteiger partial charge in [-0.2, -0.15) is 0 Å². The predicted molar refractivity (Wildman–Crippen MR) is 68.4 cm³/mol. The first-order valence-corrected chi connectivity index (χ1v) is 6.41. The van der Waals surface area contributed by atoms with Crippen LogP contribution in [0.5, 0.6) is 5.75 Å². The number of benzene rings is 1. The van der Waals surface area contributed by atoms with Gasteiger partial charge in [0, 0.05) is 15.9 Å². The predicted octanol–water partition coefficient (Wildman–Crippen LogP) is 3.89. The number of carbonyl (C=O) groups excluding carboxylic acids is 1. The van der Waals surface area contributed by atoms with Crippen LogP contribution in [0.1, 0.15) is 15.2 Å². The number of thiophene rings is 1. The van der Waals surface area contributed by atoms with E-state index in [1.165, 1.54) is 30.6 Å². The molecule has 0 aliphatic heterocycles. The van der Waals surface area contributed by atoms with Crippen molar-refractivity contribution in [1.82, 2.24) is 0 Å². The summed E-state index contributed by atoms with van der Waals surface area (Å²) in [6.45, 7) is 0. The second-order valence-corrected chi connectivity index (χ2v) is 5.13. The van der Waals surface area contributed by atoms with Crippen molar-refractivity contribution in [1.29, 1.82) is 0 Å². The van der Waals surface area contributed by atoms with Crippen molar-refractivity contribution in [3.8, 4) is 5.75 Å². The molecule has 0 unspecified atom stereocenters. The van der Waals surface area contributed by atoms with Crippen molar-refractivity contribution < 1.29 is 13.9 Å². The Balaban J connectivity index is 2.37. The van der Waals surface area contributed by atoms with Gasteiger partial charge >= 0.3 is 0 Å². The van der Waals surface area contributed by atoms with Crippen LogP contribution in [0.25, 0.3) is 0 Å². The van der Waals surface area contributed by atoms with E-state index in [-0.39, 0.29) is 11.3 Å². The highest BCUT2D eigenvalue weighted by Gasteiger charge is 2.16. The molecule has 0 radical (unpaired) electrons. The maximum absolute atomic E-state index is 13.7. The molecule has 17 heavy (non-hydrogen) atoms. The van der Waals surface area contributed by atoms with Gasteiger partial charge in [-0.15, -0.1) is 11.3 Å². The Kier molecular flexibility index (Phi) is 3.59. The molecule has 88 valence electrons. The lowest BCUT2D eigenvalue weighted by atomic mass is 10.1. The van der Waals surface area contributed by atoms with Crippen molar-refractivity contribution in [2.24, 2.45) is 0 Å². The Labute approximate surface area is 110 Å². The third-order valence-electron chi connectivity index (χ3n) is 2.21. The SMILES string of the molecule is COc1ccc(C(=O)c2cc(Br)cs2)c(F)c1. The van der Waals surface area contributed by atoms with Gasteiger partial charge in [-0.1, -0.05) is 0 Å². The van der Waals surface area contributed by atoms with Crippen LogP contribution in [0.4, 0.5) is 4.39 Å². The number of ether oxygens (including phenoxy) is 1. The van der Waals surface area contributed by atoms with Crippen LogP contribution in [-0.2, 0) is 0 Å². The highest BCUT2D eigenvalue weighted by atomic mass is 79.9. The zero-order valence-electron chi connectivity index (χ0n) is 8.87. The smallest absolute Gasteiger partial charge is 0.205 e. The van der Waals surface area contributed by atoms with Crippen LogP contribution >= 0.6 is 27.3 Å². The first-order valence-electron chi connectivity index (χ1n) is 4.74. The molecular formula is C12H8BrFO2S. The molecule has 0 bridgehead atoms. The minimum absolute atomic E-state index is 0.0557. The number of hydrogen-bond acceptors (Lipinski definition) is 3. The summed E-state index contributed by atoms with van der Waals surface area (Å²) in [5.74, 6) is -0.494. The molecule has 1 aromatic heterocycles. The van der Waals surface area contributed by atoms with Crippen molar-refractivity contribution in [3.05, 3.63) is 50.4 Å². The average molecular weight is 315 g/mol. The van der Waals surface area contributed by atoms with E-state index in [0.29, 0.717) is 10.6 Å². The zero-order valence-corrected chi connectivity index (χ0v) is 11.3. The molecule has 2 rings (SSSR count). The first-order chi connectivity index (χ1) is 8.11. The molecule has 0 saturated carbocycles. The molecule has 2 aromatic rings. The van der Waals surface area contributed by atoms with E-state index in [2.05, 4.69) is 15.9 Å². The zero-order chi connectivity index (χ0) is 12.4. The van der Waals surface area contributed by atoms with E-state index in [1.54, 1.807) is 17.5 Å². The van der Waals surface area contributed by atoms with Crippen molar-refractivity contribution >= 4 is 33.0 Å². The number of carbonyl (C=O) groups is 1. The molecule has 0 aliphatic carbocycles. The van der Waals surface area contributed by atoms with Crippen LogP contribution in [0.2, 0.25) is 0 Å². The van der Waals surface area contributed by atoms with Crippen LogP contribution in [0, 0.1) is 5.82 Å². The van der Waals surface area contributed by atoms with E-state index in [0.717, 1.165) is 4.47 Å². The molecule has 0 aliphatic rings. The molecule has 0 amide bonds. The minimum atomic E-state index is -0.570. The topological polar surface area (TPSA) is 26.3 Å². The summed E-state index contributed by atoms with van der Waals surface area (Å²) in [7, 11) is 1.45. The van der Waals surface area contributed by atoms with Crippen molar-refractivity contribution in [2.45, 2.75) is 0 Å². The molecule has 2 nitrogen and oxygen atoms in total. The summed E-state index contributed by atoms with van der Waals surface area (Å²) in [4.78, 5) is 12.5. The average Bonchev–Trinajstić information content (AvgIpc) is 2.75. The van der Waals surface area contributed by atoms with Crippen LogP contribution in [0.15, 0.2) is 34.1 Å². The summed E-state index contributed by atoms with van der Waals surface area (Å²) in [5, 5.41) is 1.79. The quantitative estimate of drug-likeness (QED) is 0.803. The fourth-order valence-corrected chi connectivity index (χ4v) is 2.75. The number of rotatable bonds is 3. The van der Waals surface area contributed by atoms with E-state index >= 15 is 0 Å².